The number of fused-ring (bicyclic) bond motifs is 1. The summed E-state index contributed by atoms with van der Waals surface area (Å²) in [5.74, 6) is 0.711. The normalized spacial score (nSPS) is 19.7. The number of likely N-dealkylation sites (tertiary alicyclic amines) is 1. The number of carbonyl (C=O) groups is 3. The first-order valence-corrected chi connectivity index (χ1v) is 9.06. The molecule has 2 N–H and O–H groups in total. The van der Waals surface area contributed by atoms with E-state index in [9.17, 15) is 14.4 Å². The number of carbonyl (C=O) groups excluding carboxylic acids is 3. The van der Waals surface area contributed by atoms with Gasteiger partial charge < -0.3 is 25.0 Å². The highest BCUT2D eigenvalue weighted by atomic mass is 16.7. The lowest BCUT2D eigenvalue weighted by molar-refractivity contribution is -0.135. The molecule has 144 valence electrons. The van der Waals surface area contributed by atoms with E-state index in [0.29, 0.717) is 50.5 Å². The number of amides is 4. The molecule has 2 fully saturated rings. The number of nitrogens with zero attached hydrogens (tertiary/aromatic N) is 3. The molecule has 9 nitrogen and oxygen atoms in total. The van der Waals surface area contributed by atoms with Crippen molar-refractivity contribution >= 4 is 23.5 Å². The number of ether oxygens (including phenoxy) is 2. The molecule has 3 aliphatic heterocycles. The Morgan fingerprint density at radius 2 is 1.81 bits per heavy atom. The number of anilines is 1. The summed E-state index contributed by atoms with van der Waals surface area (Å²) in [5.41, 5.74) is 6.05. The lowest BCUT2D eigenvalue weighted by Gasteiger charge is -2.31. The molecule has 0 atom stereocenters. The Hall–Kier alpha value is -2.97. The van der Waals surface area contributed by atoms with Crippen LogP contribution in [0.4, 0.5) is 10.5 Å². The van der Waals surface area contributed by atoms with Crippen LogP contribution in [0.3, 0.4) is 0 Å². The summed E-state index contributed by atoms with van der Waals surface area (Å²) in [6.07, 6.45) is 1.16. The van der Waals surface area contributed by atoms with E-state index in [4.69, 9.17) is 15.2 Å². The van der Waals surface area contributed by atoms with Gasteiger partial charge in [-0.2, -0.15) is 0 Å². The minimum absolute atomic E-state index is 0.0428. The zero-order valence-corrected chi connectivity index (χ0v) is 14.9. The Morgan fingerprint density at radius 1 is 1.07 bits per heavy atom. The summed E-state index contributed by atoms with van der Waals surface area (Å²) in [4.78, 5) is 41.4. The van der Waals surface area contributed by atoms with Crippen molar-refractivity contribution in [2.75, 3.05) is 44.4 Å². The van der Waals surface area contributed by atoms with Crippen molar-refractivity contribution in [3.8, 4) is 11.5 Å². The second kappa shape index (κ2) is 6.98. The van der Waals surface area contributed by atoms with E-state index in [-0.39, 0.29) is 37.1 Å². The van der Waals surface area contributed by atoms with E-state index in [1.54, 1.807) is 26.8 Å². The molecular weight excluding hydrogens is 352 g/mol. The number of primary amides is 1. The predicted molar refractivity (Wildman–Crippen MR) is 95.4 cm³/mol. The zero-order chi connectivity index (χ0) is 19.0. The quantitative estimate of drug-likeness (QED) is 0.820. The highest BCUT2D eigenvalue weighted by molar-refractivity contribution is 5.96. The summed E-state index contributed by atoms with van der Waals surface area (Å²) >= 11 is 0. The van der Waals surface area contributed by atoms with Crippen molar-refractivity contribution in [3.05, 3.63) is 18.2 Å². The molecule has 27 heavy (non-hydrogen) atoms. The molecule has 0 aliphatic carbocycles. The van der Waals surface area contributed by atoms with E-state index in [1.165, 1.54) is 0 Å². The maximum Gasteiger partial charge on any atom is 0.325 e. The molecule has 4 rings (SSSR count). The summed E-state index contributed by atoms with van der Waals surface area (Å²) in [7, 11) is 0. The number of hydrogen-bond donors (Lipinski definition) is 1. The standard InChI is InChI=1S/C18H22N4O5/c19-17(24)12-3-5-20(6-4-12)16(23)10-21-7-8-22(18(21)25)13-1-2-14-15(9-13)27-11-26-14/h1-2,9,12H,3-8,10-11H2,(H2,19,24). The van der Waals surface area contributed by atoms with Crippen LogP contribution in [-0.4, -0.2) is 67.2 Å². The average Bonchev–Trinajstić information content (AvgIpc) is 3.28. The maximum atomic E-state index is 12.7. The zero-order valence-electron chi connectivity index (χ0n) is 14.9. The Balaban J connectivity index is 1.35. The highest BCUT2D eigenvalue weighted by Gasteiger charge is 2.34. The van der Waals surface area contributed by atoms with Crippen molar-refractivity contribution in [3.63, 3.8) is 0 Å². The fourth-order valence-electron chi connectivity index (χ4n) is 3.70. The van der Waals surface area contributed by atoms with Gasteiger partial charge in [-0.1, -0.05) is 0 Å². The largest absolute Gasteiger partial charge is 0.454 e. The summed E-state index contributed by atoms with van der Waals surface area (Å²) < 4.78 is 10.7. The molecule has 0 bridgehead atoms. The SMILES string of the molecule is NC(=O)C1CCN(C(=O)CN2CCN(c3ccc4c(c3)OCO4)C2=O)CC1. The first-order valence-electron chi connectivity index (χ1n) is 9.06. The molecule has 3 aliphatic rings. The molecule has 9 heteroatoms. The van der Waals surface area contributed by atoms with E-state index >= 15 is 0 Å². The van der Waals surface area contributed by atoms with Gasteiger partial charge in [0.15, 0.2) is 11.5 Å². The Kier molecular flexibility index (Phi) is 4.51. The van der Waals surface area contributed by atoms with E-state index < -0.39 is 0 Å². The van der Waals surface area contributed by atoms with Crippen molar-refractivity contribution in [1.82, 2.24) is 9.80 Å². The molecule has 3 heterocycles. The Morgan fingerprint density at radius 3 is 2.56 bits per heavy atom. The summed E-state index contributed by atoms with van der Waals surface area (Å²) in [6, 6.07) is 5.17. The maximum absolute atomic E-state index is 12.7. The van der Waals surface area contributed by atoms with Crippen LogP contribution in [0.5, 0.6) is 11.5 Å². The van der Waals surface area contributed by atoms with E-state index in [0.717, 1.165) is 5.69 Å². The smallest absolute Gasteiger partial charge is 0.325 e. The number of hydrogen-bond acceptors (Lipinski definition) is 5. The van der Waals surface area contributed by atoms with Crippen LogP contribution in [0.25, 0.3) is 0 Å². The van der Waals surface area contributed by atoms with Crippen molar-refractivity contribution in [1.29, 1.82) is 0 Å². The fourth-order valence-corrected chi connectivity index (χ4v) is 3.70. The number of urea groups is 1. The second-order valence-corrected chi connectivity index (χ2v) is 6.95. The van der Waals surface area contributed by atoms with Gasteiger partial charge in [-0.15, -0.1) is 0 Å². The topological polar surface area (TPSA) is 105 Å². The van der Waals surface area contributed by atoms with Crippen LogP contribution in [0.2, 0.25) is 0 Å². The molecule has 0 radical (unpaired) electrons. The van der Waals surface area contributed by atoms with Gasteiger partial charge in [-0.3, -0.25) is 14.5 Å². The summed E-state index contributed by atoms with van der Waals surface area (Å²) in [5, 5.41) is 0. The molecular formula is C18H22N4O5. The van der Waals surface area contributed by atoms with E-state index in [1.807, 2.05) is 6.07 Å². The van der Waals surface area contributed by atoms with Gasteiger partial charge in [0, 0.05) is 43.9 Å². The third-order valence-corrected chi connectivity index (χ3v) is 5.34. The van der Waals surface area contributed by atoms with Gasteiger partial charge >= 0.3 is 6.03 Å². The predicted octanol–water partition coefficient (Wildman–Crippen LogP) is 0.381. The highest BCUT2D eigenvalue weighted by Crippen LogP contribution is 2.36. The lowest BCUT2D eigenvalue weighted by atomic mass is 9.96. The van der Waals surface area contributed by atoms with Gasteiger partial charge in [0.05, 0.1) is 0 Å². The first-order chi connectivity index (χ1) is 13.0. The molecule has 1 aromatic carbocycles. The third-order valence-electron chi connectivity index (χ3n) is 5.34. The first kappa shape index (κ1) is 17.4. The van der Waals surface area contributed by atoms with E-state index in [2.05, 4.69) is 0 Å². The number of rotatable bonds is 4. The van der Waals surface area contributed by atoms with Crippen LogP contribution in [0.1, 0.15) is 12.8 Å². The minimum atomic E-state index is -0.309. The van der Waals surface area contributed by atoms with Crippen LogP contribution in [0.15, 0.2) is 18.2 Å². The Labute approximate surface area is 156 Å². The Bertz CT molecular complexity index is 775. The summed E-state index contributed by atoms with van der Waals surface area (Å²) in [6.45, 7) is 2.22. The van der Waals surface area contributed by atoms with Crippen molar-refractivity contribution in [2.45, 2.75) is 12.8 Å². The molecule has 1 aromatic rings. The monoisotopic (exact) mass is 374 g/mol. The molecule has 2 saturated heterocycles. The van der Waals surface area contributed by atoms with Crippen LogP contribution >= 0.6 is 0 Å². The minimum Gasteiger partial charge on any atom is -0.454 e. The number of nitrogens with two attached hydrogens (primary N) is 1. The van der Waals surface area contributed by atoms with Crippen LogP contribution in [0, 0.1) is 5.92 Å². The van der Waals surface area contributed by atoms with Crippen molar-refractivity contribution in [2.24, 2.45) is 11.7 Å². The fraction of sp³-hybridized carbons (Fsp3) is 0.500. The molecule has 0 saturated carbocycles. The second-order valence-electron chi connectivity index (χ2n) is 6.95. The third kappa shape index (κ3) is 3.36. The molecule has 4 amide bonds. The van der Waals surface area contributed by atoms with Crippen LogP contribution in [-0.2, 0) is 9.59 Å². The average molecular weight is 374 g/mol. The van der Waals surface area contributed by atoms with Gasteiger partial charge in [0.25, 0.3) is 0 Å². The molecule has 0 spiro atoms. The van der Waals surface area contributed by atoms with Gasteiger partial charge in [0.2, 0.25) is 18.6 Å². The van der Waals surface area contributed by atoms with Gasteiger partial charge in [-0.25, -0.2) is 4.79 Å². The molecule has 0 aromatic heterocycles. The van der Waals surface area contributed by atoms with Crippen molar-refractivity contribution < 1.29 is 23.9 Å². The lowest BCUT2D eigenvalue weighted by Crippen LogP contribution is -2.46. The van der Waals surface area contributed by atoms with Gasteiger partial charge in [-0.05, 0) is 25.0 Å². The number of benzene rings is 1. The van der Waals surface area contributed by atoms with Crippen LogP contribution < -0.4 is 20.1 Å². The van der Waals surface area contributed by atoms with Gasteiger partial charge in [0.1, 0.15) is 6.54 Å². The number of piperidine rings is 1. The molecule has 0 unspecified atom stereocenters.